The van der Waals surface area contributed by atoms with Crippen molar-refractivity contribution in [2.24, 2.45) is 7.05 Å². The molecule has 0 aliphatic heterocycles. The molecule has 0 saturated heterocycles. The largest absolute Gasteiger partial charge is 0.467 e. The highest BCUT2D eigenvalue weighted by atomic mass is 19.1. The number of carbonyl (C=O) groups is 1. The summed E-state index contributed by atoms with van der Waals surface area (Å²) in [5.41, 5.74) is 2.51. The molecule has 1 atom stereocenters. The number of hydrogen-bond donors (Lipinski definition) is 1. The highest BCUT2D eigenvalue weighted by Crippen LogP contribution is 2.35. The van der Waals surface area contributed by atoms with Crippen LogP contribution in [0.4, 0.5) is 4.39 Å². The summed E-state index contributed by atoms with van der Waals surface area (Å²) in [6, 6.07) is 18.2. The Balaban J connectivity index is 1.68. The molecule has 0 aliphatic carbocycles. The number of halogens is 1. The number of furan rings is 1. The van der Waals surface area contributed by atoms with Gasteiger partial charge in [-0.3, -0.25) is 4.79 Å². The average molecular weight is 376 g/mol. The lowest BCUT2D eigenvalue weighted by Gasteiger charge is -2.18. The summed E-state index contributed by atoms with van der Waals surface area (Å²) in [6.45, 7) is 0.311. The fourth-order valence-electron chi connectivity index (χ4n) is 3.65. The molecular weight excluding hydrogens is 355 g/mol. The monoisotopic (exact) mass is 376 g/mol. The fraction of sp³-hybridized carbons (Fsp3) is 0.174. The van der Waals surface area contributed by atoms with E-state index in [2.05, 4.69) is 5.32 Å². The Morgan fingerprint density at radius 3 is 2.64 bits per heavy atom. The molecule has 28 heavy (non-hydrogen) atoms. The number of para-hydroxylation sites is 1. The third kappa shape index (κ3) is 3.56. The molecule has 2 aromatic carbocycles. The van der Waals surface area contributed by atoms with E-state index in [9.17, 15) is 9.18 Å². The Morgan fingerprint density at radius 1 is 1.07 bits per heavy atom. The number of carbonyl (C=O) groups excluding carboxylic acids is 1. The lowest BCUT2D eigenvalue weighted by Crippen LogP contribution is -2.25. The molecule has 0 saturated carbocycles. The molecule has 0 spiro atoms. The predicted octanol–water partition coefficient (Wildman–Crippen LogP) is 4.75. The summed E-state index contributed by atoms with van der Waals surface area (Å²) in [7, 11) is 1.96. The normalized spacial score (nSPS) is 12.2. The minimum atomic E-state index is -0.385. The lowest BCUT2D eigenvalue weighted by molar-refractivity contribution is -0.121. The summed E-state index contributed by atoms with van der Waals surface area (Å²) in [5, 5.41) is 3.89. The van der Waals surface area contributed by atoms with Crippen molar-refractivity contribution in [1.82, 2.24) is 9.88 Å². The molecule has 0 aliphatic rings. The summed E-state index contributed by atoms with van der Waals surface area (Å²) >= 11 is 0. The number of amides is 1. The first-order valence-electron chi connectivity index (χ1n) is 9.21. The van der Waals surface area contributed by atoms with Gasteiger partial charge in [0, 0.05) is 36.5 Å². The second-order valence-corrected chi connectivity index (χ2v) is 6.85. The van der Waals surface area contributed by atoms with Gasteiger partial charge in [-0.15, -0.1) is 0 Å². The minimum absolute atomic E-state index is 0.148. The maximum absolute atomic E-state index is 14.6. The molecule has 1 amide bonds. The smallest absolute Gasteiger partial charge is 0.221 e. The van der Waals surface area contributed by atoms with Gasteiger partial charge in [-0.05, 0) is 35.4 Å². The molecule has 0 unspecified atom stereocenters. The van der Waals surface area contributed by atoms with Crippen LogP contribution in [0.25, 0.3) is 10.9 Å². The van der Waals surface area contributed by atoms with E-state index in [4.69, 9.17) is 4.42 Å². The van der Waals surface area contributed by atoms with Gasteiger partial charge in [0.25, 0.3) is 0 Å². The van der Waals surface area contributed by atoms with Crippen LogP contribution in [-0.2, 0) is 18.4 Å². The quantitative estimate of drug-likeness (QED) is 0.528. The molecule has 4 nitrogen and oxygen atoms in total. The van der Waals surface area contributed by atoms with Gasteiger partial charge in [0.15, 0.2) is 0 Å². The van der Waals surface area contributed by atoms with Gasteiger partial charge in [-0.25, -0.2) is 4.39 Å². The maximum atomic E-state index is 14.6. The Labute approximate surface area is 162 Å². The molecule has 1 N–H and O–H groups in total. The summed E-state index contributed by atoms with van der Waals surface area (Å²) in [5.74, 6) is -0.165. The van der Waals surface area contributed by atoms with Crippen molar-refractivity contribution in [3.63, 3.8) is 0 Å². The number of fused-ring (bicyclic) bond motifs is 1. The Bertz CT molecular complexity index is 1100. The highest BCUT2D eigenvalue weighted by molar-refractivity contribution is 5.86. The molecule has 0 fully saturated rings. The van der Waals surface area contributed by atoms with E-state index in [0.717, 1.165) is 16.5 Å². The zero-order valence-corrected chi connectivity index (χ0v) is 15.6. The molecular formula is C23H21FN2O2. The van der Waals surface area contributed by atoms with Crippen LogP contribution < -0.4 is 5.32 Å². The van der Waals surface area contributed by atoms with Gasteiger partial charge in [0.1, 0.15) is 11.6 Å². The van der Waals surface area contributed by atoms with Gasteiger partial charge in [0.05, 0.1) is 12.8 Å². The fourth-order valence-corrected chi connectivity index (χ4v) is 3.65. The topological polar surface area (TPSA) is 47.2 Å². The van der Waals surface area contributed by atoms with Crippen molar-refractivity contribution in [2.75, 3.05) is 0 Å². The van der Waals surface area contributed by atoms with E-state index >= 15 is 0 Å². The number of aromatic nitrogens is 1. The van der Waals surface area contributed by atoms with Crippen molar-refractivity contribution in [3.8, 4) is 0 Å². The van der Waals surface area contributed by atoms with Crippen LogP contribution in [0.5, 0.6) is 0 Å². The first kappa shape index (κ1) is 18.0. The van der Waals surface area contributed by atoms with Gasteiger partial charge in [-0.2, -0.15) is 0 Å². The lowest BCUT2D eigenvalue weighted by atomic mass is 9.87. The summed E-state index contributed by atoms with van der Waals surface area (Å²) < 4.78 is 21.9. The molecule has 142 valence electrons. The van der Waals surface area contributed by atoms with Crippen LogP contribution >= 0.6 is 0 Å². The van der Waals surface area contributed by atoms with E-state index < -0.39 is 0 Å². The zero-order valence-electron chi connectivity index (χ0n) is 15.6. The molecule has 2 aromatic heterocycles. The zero-order chi connectivity index (χ0) is 19.5. The predicted molar refractivity (Wildman–Crippen MR) is 106 cm³/mol. The first-order valence-corrected chi connectivity index (χ1v) is 9.21. The third-order valence-electron chi connectivity index (χ3n) is 5.01. The van der Waals surface area contributed by atoms with Crippen LogP contribution in [-0.4, -0.2) is 10.5 Å². The van der Waals surface area contributed by atoms with Crippen molar-refractivity contribution < 1.29 is 13.6 Å². The highest BCUT2D eigenvalue weighted by Gasteiger charge is 2.24. The SMILES string of the molecule is Cn1cc([C@H](CC(=O)NCc2ccco2)c2ccccc2F)c2ccccc21. The average Bonchev–Trinajstić information content (AvgIpc) is 3.34. The van der Waals surface area contributed by atoms with Crippen LogP contribution in [0, 0.1) is 5.82 Å². The Hall–Kier alpha value is -3.34. The van der Waals surface area contributed by atoms with Crippen molar-refractivity contribution in [1.29, 1.82) is 0 Å². The van der Waals surface area contributed by atoms with Crippen LogP contribution in [0.15, 0.2) is 77.5 Å². The number of benzene rings is 2. The number of rotatable bonds is 6. The van der Waals surface area contributed by atoms with Gasteiger partial charge < -0.3 is 14.3 Å². The van der Waals surface area contributed by atoms with Crippen molar-refractivity contribution in [2.45, 2.75) is 18.9 Å². The van der Waals surface area contributed by atoms with Crippen LogP contribution in [0.3, 0.4) is 0 Å². The summed E-state index contributed by atoms with van der Waals surface area (Å²) in [4.78, 5) is 12.7. The second-order valence-electron chi connectivity index (χ2n) is 6.85. The number of aryl methyl sites for hydroxylation is 1. The van der Waals surface area contributed by atoms with Gasteiger partial charge in [0.2, 0.25) is 5.91 Å². The number of nitrogens with one attached hydrogen (secondary N) is 1. The van der Waals surface area contributed by atoms with E-state index in [1.807, 2.05) is 42.1 Å². The van der Waals surface area contributed by atoms with Gasteiger partial charge >= 0.3 is 0 Å². The number of nitrogens with zero attached hydrogens (tertiary/aromatic N) is 1. The molecule has 4 aromatic rings. The van der Waals surface area contributed by atoms with Crippen molar-refractivity contribution in [3.05, 3.63) is 95.8 Å². The van der Waals surface area contributed by atoms with Crippen LogP contribution in [0.2, 0.25) is 0 Å². The number of hydrogen-bond acceptors (Lipinski definition) is 2. The van der Waals surface area contributed by atoms with Crippen LogP contribution in [0.1, 0.15) is 29.2 Å². The molecule has 2 heterocycles. The van der Waals surface area contributed by atoms with Crippen molar-refractivity contribution >= 4 is 16.8 Å². The molecule has 5 heteroatoms. The Morgan fingerprint density at radius 2 is 1.86 bits per heavy atom. The second kappa shape index (κ2) is 7.72. The van der Waals surface area contributed by atoms with E-state index in [1.54, 1.807) is 36.6 Å². The molecule has 4 rings (SSSR count). The van der Waals surface area contributed by atoms with E-state index in [0.29, 0.717) is 17.9 Å². The maximum Gasteiger partial charge on any atom is 0.221 e. The minimum Gasteiger partial charge on any atom is -0.467 e. The van der Waals surface area contributed by atoms with Gasteiger partial charge in [-0.1, -0.05) is 36.4 Å². The molecule has 0 radical (unpaired) electrons. The summed E-state index contributed by atoms with van der Waals surface area (Å²) in [6.07, 6.45) is 3.71. The standard InChI is InChI=1S/C23H21FN2O2/c1-26-15-20(18-9-3-5-11-22(18)26)19(17-8-2-4-10-21(17)24)13-23(27)25-14-16-7-6-12-28-16/h2-12,15,19H,13-14H2,1H3,(H,25,27)/t19-/m1/s1. The van der Waals surface area contributed by atoms with E-state index in [1.165, 1.54) is 6.07 Å². The first-order chi connectivity index (χ1) is 13.6. The molecule has 0 bridgehead atoms. The third-order valence-corrected chi connectivity index (χ3v) is 5.01. The Kier molecular flexibility index (Phi) is 4.98. The van der Waals surface area contributed by atoms with E-state index in [-0.39, 0.29) is 24.1 Å².